The minimum atomic E-state index is -1.72. The predicted molar refractivity (Wildman–Crippen MR) is 40.4 cm³/mol. The van der Waals surface area contributed by atoms with Crippen LogP contribution in [0.1, 0.15) is 0 Å². The first-order valence-corrected chi connectivity index (χ1v) is 5.68. The van der Waals surface area contributed by atoms with Gasteiger partial charge in [0.2, 0.25) is 0 Å². The van der Waals surface area contributed by atoms with E-state index >= 15 is 0 Å². The Morgan fingerprint density at radius 3 is 3.00 bits per heavy atom. The lowest BCUT2D eigenvalue weighted by Crippen LogP contribution is -1.94. The SMILES string of the molecule is C1=CC2=P3(C=C1)OP(O2)O3. The Kier molecular flexibility index (Phi) is 0.931. The summed E-state index contributed by atoms with van der Waals surface area (Å²) in [5, 5.41) is 0. The van der Waals surface area contributed by atoms with Gasteiger partial charge in [-0.25, -0.2) is 0 Å². The molecule has 0 aliphatic carbocycles. The van der Waals surface area contributed by atoms with Crippen LogP contribution in [0, 0.1) is 0 Å². The van der Waals surface area contributed by atoms with Crippen LogP contribution in [0.3, 0.4) is 0 Å². The maximum absolute atomic E-state index is 5.40. The van der Waals surface area contributed by atoms with Gasteiger partial charge >= 0.3 is 8.60 Å². The highest BCUT2D eigenvalue weighted by atomic mass is 31.3. The van der Waals surface area contributed by atoms with E-state index in [1.807, 2.05) is 24.0 Å². The predicted octanol–water partition coefficient (Wildman–Crippen LogP) is 2.35. The Labute approximate surface area is 59.4 Å². The monoisotopic (exact) mass is 174 g/mol. The second-order valence-electron chi connectivity index (χ2n) is 2.11. The zero-order chi connectivity index (χ0) is 6.60. The molecule has 1 fully saturated rings. The van der Waals surface area contributed by atoms with Gasteiger partial charge in [0, 0.05) is 0 Å². The average Bonchev–Trinajstić information content (AvgIpc) is 2.37. The van der Waals surface area contributed by atoms with E-state index in [1.54, 1.807) is 0 Å². The van der Waals surface area contributed by atoms with Crippen LogP contribution in [0.5, 0.6) is 0 Å². The molecular weight excluding hydrogens is 170 g/mol. The van der Waals surface area contributed by atoms with Crippen molar-refractivity contribution in [3.05, 3.63) is 24.0 Å². The van der Waals surface area contributed by atoms with Crippen LogP contribution < -0.4 is 0 Å². The van der Waals surface area contributed by atoms with E-state index < -0.39 is 15.9 Å². The van der Waals surface area contributed by atoms with Gasteiger partial charge in [-0.2, -0.15) is 0 Å². The molecule has 0 radical (unpaired) electrons. The van der Waals surface area contributed by atoms with Crippen molar-refractivity contribution in [2.45, 2.75) is 0 Å². The molecule has 5 heteroatoms. The van der Waals surface area contributed by atoms with Crippen molar-refractivity contribution in [2.24, 2.45) is 0 Å². The topological polar surface area (TPSA) is 27.7 Å². The minimum Gasteiger partial charge on any atom is -0.269 e. The molecule has 1 saturated heterocycles. The first-order valence-electron chi connectivity index (χ1n) is 2.89. The maximum atomic E-state index is 5.40. The quantitative estimate of drug-likeness (QED) is 0.527. The number of hydrogen-bond acceptors (Lipinski definition) is 3. The molecule has 4 heterocycles. The van der Waals surface area contributed by atoms with Crippen molar-refractivity contribution in [3.8, 4) is 0 Å². The molecule has 0 amide bonds. The fraction of sp³-hybridized carbons (Fsp3) is 0. The summed E-state index contributed by atoms with van der Waals surface area (Å²) in [6.07, 6.45) is 5.80. The van der Waals surface area contributed by atoms with Crippen LogP contribution >= 0.6 is 15.9 Å². The van der Waals surface area contributed by atoms with Crippen LogP contribution in [0.15, 0.2) is 24.0 Å². The molecule has 0 saturated carbocycles. The molecule has 4 rings (SSSR count). The summed E-state index contributed by atoms with van der Waals surface area (Å²) in [4.78, 5) is 0. The van der Waals surface area contributed by atoms with Crippen LogP contribution in [0.25, 0.3) is 0 Å². The number of allylic oxidation sites excluding steroid dienone is 2. The van der Waals surface area contributed by atoms with Gasteiger partial charge in [0.05, 0.1) is 0 Å². The molecular formula is C5H4O3P2. The summed E-state index contributed by atoms with van der Waals surface area (Å²) in [6, 6.07) is 0. The fourth-order valence-electron chi connectivity index (χ4n) is 1.01. The summed E-state index contributed by atoms with van der Waals surface area (Å²) in [5.74, 6) is 1.97. The van der Waals surface area contributed by atoms with E-state index in [0.717, 1.165) is 5.48 Å². The largest absolute Gasteiger partial charge is 0.349 e. The molecule has 2 bridgehead atoms. The molecule has 4 aliphatic heterocycles. The van der Waals surface area contributed by atoms with Gasteiger partial charge < -0.3 is 0 Å². The van der Waals surface area contributed by atoms with Crippen molar-refractivity contribution in [1.82, 2.24) is 0 Å². The summed E-state index contributed by atoms with van der Waals surface area (Å²) in [7, 11) is -2.70. The van der Waals surface area contributed by atoms with Gasteiger partial charge in [0.1, 0.15) is 5.48 Å². The third-order valence-electron chi connectivity index (χ3n) is 1.48. The third kappa shape index (κ3) is 0.515. The lowest BCUT2D eigenvalue weighted by Gasteiger charge is -2.27. The fourth-order valence-corrected chi connectivity index (χ4v) is 5.63. The molecule has 4 aliphatic rings. The Morgan fingerprint density at radius 1 is 1.30 bits per heavy atom. The molecule has 52 valence electrons. The molecule has 3 nitrogen and oxygen atoms in total. The van der Waals surface area contributed by atoms with Crippen LogP contribution in [0.4, 0.5) is 0 Å². The van der Waals surface area contributed by atoms with Crippen molar-refractivity contribution in [2.75, 3.05) is 0 Å². The smallest absolute Gasteiger partial charge is 0.269 e. The summed E-state index contributed by atoms with van der Waals surface area (Å²) in [5.41, 5.74) is 0.904. The lowest BCUT2D eigenvalue weighted by molar-refractivity contribution is 0.361. The summed E-state index contributed by atoms with van der Waals surface area (Å²) in [6.45, 7) is 0. The van der Waals surface area contributed by atoms with Gasteiger partial charge in [-0.15, -0.1) is 0 Å². The standard InChI is InChI=1S/C5H4O3P2/c1-2-4-10-5(3-1)6-9(7-10)8-10/h1-4H. The average molecular weight is 174 g/mol. The lowest BCUT2D eigenvalue weighted by atomic mass is 10.5. The van der Waals surface area contributed by atoms with Crippen LogP contribution in [-0.4, -0.2) is 5.48 Å². The maximum Gasteiger partial charge on any atom is 0.349 e. The van der Waals surface area contributed by atoms with Gasteiger partial charge in [0.15, 0.2) is 7.34 Å². The van der Waals surface area contributed by atoms with Crippen LogP contribution in [0.2, 0.25) is 0 Å². The van der Waals surface area contributed by atoms with E-state index in [9.17, 15) is 0 Å². The molecule has 0 aromatic heterocycles. The molecule has 0 aromatic carbocycles. The van der Waals surface area contributed by atoms with Crippen molar-refractivity contribution in [3.63, 3.8) is 0 Å². The highest BCUT2D eigenvalue weighted by Crippen LogP contribution is 2.85. The molecule has 10 heavy (non-hydrogen) atoms. The normalized spacial score (nSPS) is 47.2. The first-order chi connectivity index (χ1) is 4.89. The van der Waals surface area contributed by atoms with Gasteiger partial charge in [-0.05, 0) is 11.9 Å². The minimum absolute atomic E-state index is 0.904. The second kappa shape index (κ2) is 1.63. The highest BCUT2D eigenvalue weighted by molar-refractivity contribution is 7.88. The highest BCUT2D eigenvalue weighted by Gasteiger charge is 2.51. The van der Waals surface area contributed by atoms with Gasteiger partial charge in [-0.3, -0.25) is 13.1 Å². The van der Waals surface area contributed by atoms with Crippen molar-refractivity contribution >= 4 is 21.4 Å². The van der Waals surface area contributed by atoms with E-state index in [1.165, 1.54) is 0 Å². The molecule has 1 spiro atoms. The summed E-state index contributed by atoms with van der Waals surface area (Å²) < 4.78 is 16.1. The molecule has 0 aromatic rings. The Hall–Kier alpha value is 0.0900. The first kappa shape index (κ1) is 5.70. The third-order valence-corrected chi connectivity index (χ3v) is 6.40. The molecule has 0 atom stereocenters. The van der Waals surface area contributed by atoms with Crippen molar-refractivity contribution < 1.29 is 13.1 Å². The molecule has 0 unspecified atom stereocenters. The Balaban J connectivity index is 2.28. The number of rotatable bonds is 0. The second-order valence-corrected chi connectivity index (χ2v) is 5.98. The van der Waals surface area contributed by atoms with E-state index in [0.29, 0.717) is 0 Å². The van der Waals surface area contributed by atoms with Gasteiger partial charge in [-0.1, -0.05) is 12.2 Å². The zero-order valence-corrected chi connectivity index (χ0v) is 6.72. The van der Waals surface area contributed by atoms with Crippen molar-refractivity contribution in [1.29, 1.82) is 0 Å². The summed E-state index contributed by atoms with van der Waals surface area (Å²) >= 11 is 0. The Morgan fingerprint density at radius 2 is 2.20 bits per heavy atom. The van der Waals surface area contributed by atoms with E-state index in [4.69, 9.17) is 13.1 Å². The Bertz CT molecular complexity index is 291. The van der Waals surface area contributed by atoms with Gasteiger partial charge in [0.25, 0.3) is 0 Å². The van der Waals surface area contributed by atoms with E-state index in [-0.39, 0.29) is 0 Å². The van der Waals surface area contributed by atoms with Crippen LogP contribution in [-0.2, 0) is 13.1 Å². The zero-order valence-electron chi connectivity index (χ0n) is 4.93. The number of hydrogen-bond donors (Lipinski definition) is 0. The molecule has 0 N–H and O–H groups in total. The van der Waals surface area contributed by atoms with E-state index in [2.05, 4.69) is 0 Å².